The van der Waals surface area contributed by atoms with E-state index < -0.39 is 5.91 Å². The fourth-order valence-electron chi connectivity index (χ4n) is 1.86. The average Bonchev–Trinajstić information content (AvgIpc) is 2.89. The molecule has 110 valence electrons. The normalized spacial score (nSPS) is 10.4. The quantitative estimate of drug-likeness (QED) is 0.767. The molecular weight excluding hydrogens is 300 g/mol. The third kappa shape index (κ3) is 2.77. The molecule has 22 heavy (non-hydrogen) atoms. The molecule has 0 aliphatic carbocycles. The van der Waals surface area contributed by atoms with Gasteiger partial charge in [0.05, 0.1) is 16.3 Å². The van der Waals surface area contributed by atoms with Crippen LogP contribution in [0.2, 0.25) is 0 Å². The highest BCUT2D eigenvalue weighted by molar-refractivity contribution is 7.19. The zero-order valence-corrected chi connectivity index (χ0v) is 12.5. The van der Waals surface area contributed by atoms with Crippen LogP contribution in [0.4, 0.5) is 10.9 Å². The Morgan fingerprint density at radius 2 is 2.00 bits per heavy atom. The minimum absolute atomic E-state index is 0.0785. The summed E-state index contributed by atoms with van der Waals surface area (Å²) in [4.78, 5) is 29.5. The number of nitrogens with two attached hydrogens (primary N) is 1. The molecule has 8 heteroatoms. The summed E-state index contributed by atoms with van der Waals surface area (Å²) in [6.07, 6.45) is 4.56. The molecule has 0 radical (unpaired) electrons. The molecule has 3 aromatic heterocycles. The van der Waals surface area contributed by atoms with Gasteiger partial charge in [-0.1, -0.05) is 17.4 Å². The second-order valence-corrected chi connectivity index (χ2v) is 5.39. The Kier molecular flexibility index (Phi) is 3.75. The van der Waals surface area contributed by atoms with E-state index in [-0.39, 0.29) is 11.5 Å². The Morgan fingerprint density at radius 1 is 1.18 bits per heavy atom. The van der Waals surface area contributed by atoms with Crippen LogP contribution in [0.5, 0.6) is 0 Å². The lowest BCUT2D eigenvalue weighted by atomic mass is 10.3. The van der Waals surface area contributed by atoms with Crippen molar-refractivity contribution in [3.8, 4) is 10.6 Å². The molecule has 0 saturated heterocycles. The minimum Gasteiger partial charge on any atom is -0.382 e. The lowest BCUT2D eigenvalue weighted by molar-refractivity contribution is 0.102. The number of rotatable bonds is 3. The molecule has 3 heterocycles. The number of carbonyl (C=O) groups excluding carboxylic acids is 1. The van der Waals surface area contributed by atoms with E-state index in [1.807, 2.05) is 25.1 Å². The van der Waals surface area contributed by atoms with Gasteiger partial charge in [-0.2, -0.15) is 0 Å². The minimum atomic E-state index is -0.438. The van der Waals surface area contributed by atoms with Crippen molar-refractivity contribution < 1.29 is 4.79 Å². The number of aryl methyl sites for hydroxylation is 1. The van der Waals surface area contributed by atoms with E-state index >= 15 is 0 Å². The van der Waals surface area contributed by atoms with Crippen LogP contribution in [0.3, 0.4) is 0 Å². The molecule has 0 fully saturated rings. The molecule has 0 unspecified atom stereocenters. The first kappa shape index (κ1) is 14.1. The maximum Gasteiger partial charge on any atom is 0.279 e. The molecule has 3 rings (SSSR count). The molecule has 7 nitrogen and oxygen atoms in total. The van der Waals surface area contributed by atoms with E-state index in [4.69, 9.17) is 5.73 Å². The topological polar surface area (TPSA) is 107 Å². The summed E-state index contributed by atoms with van der Waals surface area (Å²) in [5, 5.41) is 3.15. The SMILES string of the molecule is Cc1nc(NC(=O)c2nccnc2N)sc1-c1ccccn1. The Balaban J connectivity index is 1.86. The lowest BCUT2D eigenvalue weighted by Gasteiger charge is -2.02. The number of hydrogen-bond donors (Lipinski definition) is 2. The van der Waals surface area contributed by atoms with Crippen LogP contribution < -0.4 is 11.1 Å². The van der Waals surface area contributed by atoms with Crippen molar-refractivity contribution in [2.75, 3.05) is 11.1 Å². The molecule has 3 aromatic rings. The smallest absolute Gasteiger partial charge is 0.279 e. The number of nitrogens with one attached hydrogen (secondary N) is 1. The van der Waals surface area contributed by atoms with E-state index in [2.05, 4.69) is 25.3 Å². The summed E-state index contributed by atoms with van der Waals surface area (Å²) in [7, 11) is 0. The van der Waals surface area contributed by atoms with Gasteiger partial charge in [0, 0.05) is 18.6 Å². The number of thiazole rings is 1. The van der Waals surface area contributed by atoms with Gasteiger partial charge in [-0.25, -0.2) is 15.0 Å². The fraction of sp³-hybridized carbons (Fsp3) is 0.0714. The number of hydrogen-bond acceptors (Lipinski definition) is 7. The first-order chi connectivity index (χ1) is 10.6. The summed E-state index contributed by atoms with van der Waals surface area (Å²) < 4.78 is 0. The third-order valence-electron chi connectivity index (χ3n) is 2.86. The van der Waals surface area contributed by atoms with Gasteiger partial charge in [0.25, 0.3) is 5.91 Å². The number of aromatic nitrogens is 4. The molecule has 1 amide bonds. The molecule has 0 saturated carbocycles. The molecular formula is C14H12N6OS. The van der Waals surface area contributed by atoms with Crippen LogP contribution in [-0.2, 0) is 0 Å². The summed E-state index contributed by atoms with van der Waals surface area (Å²) in [6, 6.07) is 5.65. The Bertz CT molecular complexity index is 817. The summed E-state index contributed by atoms with van der Waals surface area (Å²) in [6.45, 7) is 1.87. The molecule has 3 N–H and O–H groups in total. The van der Waals surface area contributed by atoms with Gasteiger partial charge in [0.15, 0.2) is 16.6 Å². The fourth-order valence-corrected chi connectivity index (χ4v) is 2.80. The highest BCUT2D eigenvalue weighted by Crippen LogP contribution is 2.31. The predicted molar refractivity (Wildman–Crippen MR) is 84.5 cm³/mol. The molecule has 0 aliphatic rings. The van der Waals surface area contributed by atoms with Crippen molar-refractivity contribution in [2.24, 2.45) is 0 Å². The van der Waals surface area contributed by atoms with E-state index in [0.717, 1.165) is 16.3 Å². The van der Waals surface area contributed by atoms with Gasteiger partial charge in [-0.15, -0.1) is 0 Å². The van der Waals surface area contributed by atoms with Gasteiger partial charge in [0.2, 0.25) is 0 Å². The standard InChI is InChI=1S/C14H12N6OS/c1-8-11(9-4-2-3-5-16-9)22-14(19-8)20-13(21)10-12(15)18-7-6-17-10/h2-7H,1H3,(H2,15,18)(H,19,20,21). The summed E-state index contributed by atoms with van der Waals surface area (Å²) in [5.41, 5.74) is 7.33. The van der Waals surface area contributed by atoms with Crippen LogP contribution in [0, 0.1) is 6.92 Å². The number of pyridine rings is 1. The second kappa shape index (κ2) is 5.86. The summed E-state index contributed by atoms with van der Waals surface area (Å²) in [5.74, 6) is -0.356. The van der Waals surface area contributed by atoms with Crippen molar-refractivity contribution in [3.05, 3.63) is 48.2 Å². The monoisotopic (exact) mass is 312 g/mol. The maximum atomic E-state index is 12.1. The number of anilines is 2. The number of amides is 1. The molecule has 0 spiro atoms. The van der Waals surface area contributed by atoms with Crippen molar-refractivity contribution >= 4 is 28.2 Å². The average molecular weight is 312 g/mol. The Morgan fingerprint density at radius 3 is 2.73 bits per heavy atom. The van der Waals surface area contributed by atoms with Crippen molar-refractivity contribution in [3.63, 3.8) is 0 Å². The van der Waals surface area contributed by atoms with Crippen molar-refractivity contribution in [2.45, 2.75) is 6.92 Å². The van der Waals surface area contributed by atoms with Crippen LogP contribution in [0.15, 0.2) is 36.8 Å². The van der Waals surface area contributed by atoms with Crippen LogP contribution in [-0.4, -0.2) is 25.8 Å². The van der Waals surface area contributed by atoms with Gasteiger partial charge in [-0.05, 0) is 19.1 Å². The molecule has 0 bridgehead atoms. The number of carbonyl (C=O) groups is 1. The maximum absolute atomic E-state index is 12.1. The lowest BCUT2D eigenvalue weighted by Crippen LogP contribution is -2.16. The van der Waals surface area contributed by atoms with Crippen LogP contribution in [0.1, 0.15) is 16.2 Å². The van der Waals surface area contributed by atoms with E-state index in [0.29, 0.717) is 5.13 Å². The Labute approximate surface area is 130 Å². The largest absolute Gasteiger partial charge is 0.382 e. The highest BCUT2D eigenvalue weighted by atomic mass is 32.1. The van der Waals surface area contributed by atoms with Crippen molar-refractivity contribution in [1.82, 2.24) is 19.9 Å². The van der Waals surface area contributed by atoms with Crippen molar-refractivity contribution in [1.29, 1.82) is 0 Å². The first-order valence-corrected chi connectivity index (χ1v) is 7.23. The van der Waals surface area contributed by atoms with Gasteiger partial charge in [-0.3, -0.25) is 15.1 Å². The van der Waals surface area contributed by atoms with Gasteiger partial charge < -0.3 is 5.73 Å². The highest BCUT2D eigenvalue weighted by Gasteiger charge is 2.16. The van der Waals surface area contributed by atoms with E-state index in [1.165, 1.54) is 23.7 Å². The predicted octanol–water partition coefficient (Wildman–Crippen LogP) is 2.14. The van der Waals surface area contributed by atoms with E-state index in [1.54, 1.807) is 6.20 Å². The van der Waals surface area contributed by atoms with Crippen LogP contribution >= 0.6 is 11.3 Å². The number of nitrogen functional groups attached to an aromatic ring is 1. The third-order valence-corrected chi connectivity index (χ3v) is 3.95. The summed E-state index contributed by atoms with van der Waals surface area (Å²) >= 11 is 1.35. The van der Waals surface area contributed by atoms with Crippen LogP contribution in [0.25, 0.3) is 10.6 Å². The first-order valence-electron chi connectivity index (χ1n) is 6.42. The molecule has 0 aromatic carbocycles. The molecule has 0 atom stereocenters. The van der Waals surface area contributed by atoms with Gasteiger partial charge >= 0.3 is 0 Å². The van der Waals surface area contributed by atoms with Gasteiger partial charge in [0.1, 0.15) is 0 Å². The number of nitrogens with zero attached hydrogens (tertiary/aromatic N) is 4. The molecule has 0 aliphatic heterocycles. The van der Waals surface area contributed by atoms with E-state index in [9.17, 15) is 4.79 Å². The second-order valence-electron chi connectivity index (χ2n) is 4.39. The zero-order chi connectivity index (χ0) is 15.5. The Hall–Kier alpha value is -2.87. The zero-order valence-electron chi connectivity index (χ0n) is 11.6.